The molecule has 0 bridgehead atoms. The fourth-order valence-electron chi connectivity index (χ4n) is 3.13. The first kappa shape index (κ1) is 19.3. The van der Waals surface area contributed by atoms with Crippen molar-refractivity contribution in [2.24, 2.45) is 7.05 Å². The highest BCUT2D eigenvalue weighted by Gasteiger charge is 2.39. The van der Waals surface area contributed by atoms with Crippen molar-refractivity contribution in [3.63, 3.8) is 0 Å². The molecule has 0 saturated heterocycles. The molecule has 0 saturated carbocycles. The zero-order chi connectivity index (χ0) is 21.4. The molecular formula is C19H15F2N5O4. The van der Waals surface area contributed by atoms with Gasteiger partial charge in [0.05, 0.1) is 29.3 Å². The number of aldehydes is 1. The van der Waals surface area contributed by atoms with E-state index >= 15 is 0 Å². The average molecular weight is 415 g/mol. The van der Waals surface area contributed by atoms with Crippen LogP contribution in [0.15, 0.2) is 54.8 Å². The van der Waals surface area contributed by atoms with E-state index < -0.39 is 24.3 Å². The van der Waals surface area contributed by atoms with Crippen molar-refractivity contribution in [2.45, 2.75) is 12.7 Å². The summed E-state index contributed by atoms with van der Waals surface area (Å²) in [5.41, 5.74) is 0.272. The minimum Gasteiger partial charge on any atom is -0.476 e. The molecule has 1 aliphatic heterocycles. The van der Waals surface area contributed by atoms with Gasteiger partial charge in [0.2, 0.25) is 6.23 Å². The summed E-state index contributed by atoms with van der Waals surface area (Å²) >= 11 is 0. The Morgan fingerprint density at radius 2 is 2.00 bits per heavy atom. The minimum absolute atomic E-state index is 0.121. The lowest BCUT2D eigenvalue weighted by Gasteiger charge is -2.25. The molecule has 0 spiro atoms. The number of hydrogen-bond acceptors (Lipinski definition) is 6. The van der Waals surface area contributed by atoms with Crippen LogP contribution in [0.3, 0.4) is 0 Å². The number of benzene rings is 1. The number of aryl methyl sites for hydroxylation is 1. The molecule has 0 aliphatic carbocycles. The van der Waals surface area contributed by atoms with Gasteiger partial charge in [0.15, 0.2) is 11.4 Å². The molecule has 9 nitrogen and oxygen atoms in total. The van der Waals surface area contributed by atoms with E-state index in [0.29, 0.717) is 23.1 Å². The number of hydrogen-bond donors (Lipinski definition) is 1. The Hall–Kier alpha value is -4.02. The molecule has 1 unspecified atom stereocenters. The normalized spacial score (nSPS) is 15.9. The van der Waals surface area contributed by atoms with Gasteiger partial charge in [-0.15, -0.1) is 0 Å². The predicted molar refractivity (Wildman–Crippen MR) is 99.1 cm³/mol. The molecule has 0 fully saturated rings. The van der Waals surface area contributed by atoms with E-state index in [1.807, 2.05) is 0 Å². The number of carboxylic acids is 1. The van der Waals surface area contributed by atoms with Crippen molar-refractivity contribution in [3.8, 4) is 5.69 Å². The molecule has 3 heterocycles. The second-order valence-corrected chi connectivity index (χ2v) is 6.47. The molecule has 1 N–H and O–H groups in total. The zero-order valence-electron chi connectivity index (χ0n) is 15.5. The van der Waals surface area contributed by atoms with Gasteiger partial charge in [-0.2, -0.15) is 10.2 Å². The van der Waals surface area contributed by atoms with E-state index in [1.165, 1.54) is 33.9 Å². The fraction of sp³-hybridized carbons (Fsp3) is 0.158. The molecule has 4 rings (SSSR count). The maximum Gasteiger partial charge on any atom is 0.355 e. The van der Waals surface area contributed by atoms with Crippen LogP contribution in [0.5, 0.6) is 0 Å². The van der Waals surface area contributed by atoms with E-state index in [1.54, 1.807) is 25.4 Å². The van der Waals surface area contributed by atoms with E-state index in [0.717, 1.165) is 11.2 Å². The van der Waals surface area contributed by atoms with Gasteiger partial charge >= 0.3 is 5.97 Å². The lowest BCUT2D eigenvalue weighted by Crippen LogP contribution is -2.28. The van der Waals surface area contributed by atoms with Crippen molar-refractivity contribution in [1.82, 2.24) is 19.6 Å². The number of rotatable bonds is 6. The van der Waals surface area contributed by atoms with Crippen LogP contribution in [-0.4, -0.2) is 36.9 Å². The van der Waals surface area contributed by atoms with E-state index in [9.17, 15) is 23.5 Å². The number of alkyl halides is 2. The number of nitrogens with zero attached hydrogens (tertiary/aromatic N) is 5. The van der Waals surface area contributed by atoms with Gasteiger partial charge in [-0.1, -0.05) is 0 Å². The van der Waals surface area contributed by atoms with Crippen molar-refractivity contribution in [3.05, 3.63) is 71.6 Å². The summed E-state index contributed by atoms with van der Waals surface area (Å²) in [6, 6.07) is 6.13. The number of halogens is 2. The van der Waals surface area contributed by atoms with Crippen LogP contribution in [0.4, 0.5) is 14.5 Å². The van der Waals surface area contributed by atoms with Crippen LogP contribution in [0.1, 0.15) is 34.3 Å². The maximum absolute atomic E-state index is 13.8. The van der Waals surface area contributed by atoms with E-state index in [4.69, 9.17) is 4.74 Å². The van der Waals surface area contributed by atoms with Crippen molar-refractivity contribution >= 4 is 17.9 Å². The second-order valence-electron chi connectivity index (χ2n) is 6.47. The number of carbonyl (C=O) groups is 2. The van der Waals surface area contributed by atoms with Gasteiger partial charge in [0.1, 0.15) is 12.5 Å². The summed E-state index contributed by atoms with van der Waals surface area (Å²) in [5.74, 6) is -1.34. The Labute approximate surface area is 168 Å². The largest absolute Gasteiger partial charge is 0.476 e. The molecule has 1 aromatic carbocycles. The number of anilines is 1. The van der Waals surface area contributed by atoms with Gasteiger partial charge in [-0.25, -0.2) is 18.3 Å². The number of aromatic nitrogens is 4. The van der Waals surface area contributed by atoms with Crippen molar-refractivity contribution in [1.29, 1.82) is 0 Å². The molecule has 3 aromatic rings. The molecule has 30 heavy (non-hydrogen) atoms. The lowest BCUT2D eigenvalue weighted by atomic mass is 10.2. The highest BCUT2D eigenvalue weighted by Crippen LogP contribution is 2.41. The molecule has 1 aliphatic rings. The molecule has 1 atom stereocenters. The first-order chi connectivity index (χ1) is 14.4. The van der Waals surface area contributed by atoms with E-state index in [2.05, 4.69) is 10.2 Å². The third-order valence-electron chi connectivity index (χ3n) is 4.51. The van der Waals surface area contributed by atoms with Gasteiger partial charge in [0.25, 0.3) is 6.43 Å². The third-order valence-corrected chi connectivity index (χ3v) is 4.51. The standard InChI is InChI=1S/C19H15F2N5O4/c1-24-7-12(6-22-24)18-26(15(10-30-18)19(28)29)14-8-25(23-16(14)17(20)21)13-4-2-11(9-27)3-5-13/h2-10,17-18H,1H3,(H,28,29). The van der Waals surface area contributed by atoms with Crippen molar-refractivity contribution < 1.29 is 28.2 Å². The summed E-state index contributed by atoms with van der Waals surface area (Å²) < 4.78 is 35.8. The topological polar surface area (TPSA) is 102 Å². The summed E-state index contributed by atoms with van der Waals surface area (Å²) in [7, 11) is 1.67. The SMILES string of the molecule is Cn1cc(C2OC=C(C(=O)O)N2c2cn(-c3ccc(C=O)cc3)nc2C(F)F)cn1. The Morgan fingerprint density at radius 1 is 1.27 bits per heavy atom. The summed E-state index contributed by atoms with van der Waals surface area (Å²) in [6.45, 7) is 0. The van der Waals surface area contributed by atoms with Crippen LogP contribution in [-0.2, 0) is 16.6 Å². The predicted octanol–water partition coefficient (Wildman–Crippen LogP) is 2.82. The fourth-order valence-corrected chi connectivity index (χ4v) is 3.13. The van der Waals surface area contributed by atoms with Crippen LogP contribution in [0, 0.1) is 0 Å². The van der Waals surface area contributed by atoms with Crippen LogP contribution in [0.25, 0.3) is 5.69 Å². The van der Waals surface area contributed by atoms with Gasteiger partial charge in [-0.3, -0.25) is 14.4 Å². The molecule has 154 valence electrons. The summed E-state index contributed by atoms with van der Waals surface area (Å²) in [4.78, 5) is 23.7. The quantitative estimate of drug-likeness (QED) is 0.618. The Balaban J connectivity index is 1.82. The Morgan fingerprint density at radius 3 is 2.57 bits per heavy atom. The average Bonchev–Trinajstić information content (AvgIpc) is 3.44. The molecule has 0 amide bonds. The Kier molecular flexibility index (Phi) is 4.78. The maximum atomic E-state index is 13.8. The van der Waals surface area contributed by atoms with Gasteiger partial charge < -0.3 is 9.84 Å². The second kappa shape index (κ2) is 7.43. The van der Waals surface area contributed by atoms with Gasteiger partial charge in [-0.05, 0) is 24.3 Å². The highest BCUT2D eigenvalue weighted by molar-refractivity contribution is 5.92. The number of ether oxygens (including phenoxy) is 1. The molecule has 0 radical (unpaired) electrons. The highest BCUT2D eigenvalue weighted by atomic mass is 19.3. The van der Waals surface area contributed by atoms with Crippen molar-refractivity contribution in [2.75, 3.05) is 4.90 Å². The van der Waals surface area contributed by atoms with Crippen LogP contribution >= 0.6 is 0 Å². The number of carboxylic acid groups (broad SMARTS) is 1. The molecular weight excluding hydrogens is 400 g/mol. The van der Waals surface area contributed by atoms with Crippen LogP contribution in [0.2, 0.25) is 0 Å². The lowest BCUT2D eigenvalue weighted by molar-refractivity contribution is -0.132. The van der Waals surface area contributed by atoms with Crippen LogP contribution < -0.4 is 4.90 Å². The first-order valence-corrected chi connectivity index (χ1v) is 8.69. The number of aliphatic carboxylic acids is 1. The Bertz CT molecular complexity index is 1140. The number of carbonyl (C=O) groups excluding carboxylic acids is 1. The smallest absolute Gasteiger partial charge is 0.355 e. The summed E-state index contributed by atoms with van der Waals surface area (Å²) in [5, 5.41) is 17.5. The first-order valence-electron chi connectivity index (χ1n) is 8.69. The molecule has 11 heteroatoms. The monoisotopic (exact) mass is 415 g/mol. The zero-order valence-corrected chi connectivity index (χ0v) is 15.5. The summed E-state index contributed by atoms with van der Waals surface area (Å²) in [6.07, 6.45) is 2.05. The minimum atomic E-state index is -2.97. The molecule has 2 aromatic heterocycles. The van der Waals surface area contributed by atoms with E-state index in [-0.39, 0.29) is 11.4 Å². The third kappa shape index (κ3) is 3.30. The van der Waals surface area contributed by atoms with Gasteiger partial charge in [0, 0.05) is 18.8 Å².